The van der Waals surface area contributed by atoms with Crippen LogP contribution in [0.15, 0.2) is 0 Å². The normalized spacial score (nSPS) is 9.15. The van der Waals surface area contributed by atoms with Gasteiger partial charge in [-0.1, -0.05) is 48.5 Å². The third-order valence-corrected chi connectivity index (χ3v) is 3.56. The Morgan fingerprint density at radius 3 is 1.74 bits per heavy atom. The molecule has 0 rings (SSSR count). The third kappa shape index (κ3) is 20.6. The topological polar surface area (TPSA) is 78.5 Å². The summed E-state index contributed by atoms with van der Waals surface area (Å²) in [7, 11) is 0. The SMILES string of the molecule is CC.CC.CCCC(=O)NCCCCN(CCCNC(=O)CC)C(=O)CC. The van der Waals surface area contributed by atoms with Gasteiger partial charge in [0.05, 0.1) is 0 Å². The lowest BCUT2D eigenvalue weighted by Gasteiger charge is -2.22. The Bertz CT molecular complexity index is 361. The fourth-order valence-electron chi connectivity index (χ4n) is 2.18. The van der Waals surface area contributed by atoms with Crippen LogP contribution in [0.3, 0.4) is 0 Å². The maximum Gasteiger partial charge on any atom is 0.222 e. The van der Waals surface area contributed by atoms with E-state index in [-0.39, 0.29) is 17.7 Å². The summed E-state index contributed by atoms with van der Waals surface area (Å²) in [5, 5.41) is 5.70. The van der Waals surface area contributed by atoms with E-state index in [0.29, 0.717) is 45.4 Å². The van der Waals surface area contributed by atoms with Crippen LogP contribution in [0.2, 0.25) is 0 Å². The molecule has 0 spiro atoms. The Morgan fingerprint density at radius 1 is 0.704 bits per heavy atom. The number of unbranched alkanes of at least 4 members (excludes halogenated alkanes) is 1. The van der Waals surface area contributed by atoms with Gasteiger partial charge >= 0.3 is 0 Å². The Morgan fingerprint density at radius 2 is 1.22 bits per heavy atom. The zero-order valence-electron chi connectivity index (χ0n) is 19.0. The van der Waals surface area contributed by atoms with Gasteiger partial charge in [-0.3, -0.25) is 14.4 Å². The first-order valence-electron chi connectivity index (χ1n) is 10.9. The maximum atomic E-state index is 11.9. The molecule has 0 heterocycles. The molecule has 0 saturated carbocycles. The second-order valence-corrected chi connectivity index (χ2v) is 5.60. The summed E-state index contributed by atoms with van der Waals surface area (Å²) in [5.41, 5.74) is 0. The van der Waals surface area contributed by atoms with Crippen LogP contribution in [0.25, 0.3) is 0 Å². The molecule has 162 valence electrons. The number of hydrogen-bond donors (Lipinski definition) is 2. The lowest BCUT2D eigenvalue weighted by atomic mass is 10.2. The maximum absolute atomic E-state index is 11.9. The molecule has 0 unspecified atom stereocenters. The van der Waals surface area contributed by atoms with E-state index >= 15 is 0 Å². The van der Waals surface area contributed by atoms with Gasteiger partial charge in [0.2, 0.25) is 17.7 Å². The number of carbonyl (C=O) groups is 3. The van der Waals surface area contributed by atoms with Crippen LogP contribution in [0, 0.1) is 0 Å². The minimum Gasteiger partial charge on any atom is -0.356 e. The van der Waals surface area contributed by atoms with Crippen molar-refractivity contribution in [3.8, 4) is 0 Å². The zero-order valence-corrected chi connectivity index (χ0v) is 19.0. The lowest BCUT2D eigenvalue weighted by Crippen LogP contribution is -2.35. The molecule has 0 aromatic heterocycles. The van der Waals surface area contributed by atoms with Gasteiger partial charge in [-0.05, 0) is 25.7 Å². The second-order valence-electron chi connectivity index (χ2n) is 5.60. The molecule has 0 aliphatic carbocycles. The highest BCUT2D eigenvalue weighted by molar-refractivity contribution is 5.76. The molecule has 0 bridgehead atoms. The summed E-state index contributed by atoms with van der Waals surface area (Å²) in [6.07, 6.45) is 4.93. The fourth-order valence-corrected chi connectivity index (χ4v) is 2.18. The highest BCUT2D eigenvalue weighted by Crippen LogP contribution is 2.00. The van der Waals surface area contributed by atoms with Crippen molar-refractivity contribution < 1.29 is 14.4 Å². The van der Waals surface area contributed by atoms with Gasteiger partial charge in [0.1, 0.15) is 0 Å². The van der Waals surface area contributed by atoms with Crippen molar-refractivity contribution in [1.82, 2.24) is 15.5 Å². The minimum absolute atomic E-state index is 0.0428. The molecule has 0 aromatic carbocycles. The average molecular weight is 388 g/mol. The monoisotopic (exact) mass is 387 g/mol. The van der Waals surface area contributed by atoms with E-state index in [1.54, 1.807) is 0 Å². The summed E-state index contributed by atoms with van der Waals surface area (Å²) in [4.78, 5) is 36.3. The van der Waals surface area contributed by atoms with Crippen molar-refractivity contribution >= 4 is 17.7 Å². The number of hydrogen-bond acceptors (Lipinski definition) is 3. The van der Waals surface area contributed by atoms with Gasteiger partial charge in [0, 0.05) is 45.4 Å². The Hall–Kier alpha value is -1.59. The van der Waals surface area contributed by atoms with Gasteiger partial charge in [-0.2, -0.15) is 0 Å². The molecule has 0 radical (unpaired) electrons. The van der Waals surface area contributed by atoms with Crippen molar-refractivity contribution in [3.63, 3.8) is 0 Å². The van der Waals surface area contributed by atoms with Gasteiger partial charge in [0.15, 0.2) is 0 Å². The summed E-state index contributed by atoms with van der Waals surface area (Å²) >= 11 is 0. The van der Waals surface area contributed by atoms with Gasteiger partial charge in [-0.15, -0.1) is 0 Å². The summed E-state index contributed by atoms with van der Waals surface area (Å²) in [5.74, 6) is 0.281. The van der Waals surface area contributed by atoms with Crippen molar-refractivity contribution in [3.05, 3.63) is 0 Å². The molecule has 27 heavy (non-hydrogen) atoms. The third-order valence-electron chi connectivity index (χ3n) is 3.56. The smallest absolute Gasteiger partial charge is 0.222 e. The first-order valence-corrected chi connectivity index (χ1v) is 10.9. The number of amides is 3. The highest BCUT2D eigenvalue weighted by Gasteiger charge is 2.10. The van der Waals surface area contributed by atoms with E-state index in [1.165, 1.54) is 0 Å². The van der Waals surface area contributed by atoms with Crippen LogP contribution in [0.4, 0.5) is 0 Å². The van der Waals surface area contributed by atoms with Gasteiger partial charge < -0.3 is 15.5 Å². The largest absolute Gasteiger partial charge is 0.356 e. The summed E-state index contributed by atoms with van der Waals surface area (Å²) in [6.45, 7) is 16.3. The van der Waals surface area contributed by atoms with E-state index in [4.69, 9.17) is 0 Å². The Labute approximate surface area is 167 Å². The van der Waals surface area contributed by atoms with Gasteiger partial charge in [-0.25, -0.2) is 0 Å². The Kier molecular flexibility index (Phi) is 27.3. The number of carbonyl (C=O) groups excluding carboxylic acids is 3. The predicted octanol–water partition coefficient (Wildman–Crippen LogP) is 3.89. The molecule has 0 saturated heterocycles. The minimum atomic E-state index is 0.0428. The summed E-state index contributed by atoms with van der Waals surface area (Å²) < 4.78 is 0. The summed E-state index contributed by atoms with van der Waals surface area (Å²) in [6, 6.07) is 0. The standard InChI is InChI=1S/C17H33N3O3.2C2H6/c1-4-10-16(22)19-11-7-8-13-20(17(23)6-3)14-9-12-18-15(21)5-2;2*1-2/h4-14H2,1-3H3,(H,18,21)(H,19,22);2*1-2H3. The lowest BCUT2D eigenvalue weighted by molar-refractivity contribution is -0.131. The van der Waals surface area contributed by atoms with E-state index in [9.17, 15) is 14.4 Å². The molecular weight excluding hydrogens is 342 g/mol. The predicted molar refractivity (Wildman–Crippen MR) is 115 cm³/mol. The van der Waals surface area contributed by atoms with Crippen molar-refractivity contribution in [1.29, 1.82) is 0 Å². The average Bonchev–Trinajstić information content (AvgIpc) is 2.71. The first-order chi connectivity index (χ1) is 13.0. The fraction of sp³-hybridized carbons (Fsp3) is 0.857. The number of rotatable bonds is 13. The molecule has 0 aromatic rings. The zero-order chi connectivity index (χ0) is 21.5. The van der Waals surface area contributed by atoms with Crippen LogP contribution in [-0.4, -0.2) is 48.8 Å². The quantitative estimate of drug-likeness (QED) is 0.471. The van der Waals surface area contributed by atoms with Crippen molar-refractivity contribution in [2.75, 3.05) is 26.2 Å². The molecule has 0 aliphatic rings. The van der Waals surface area contributed by atoms with E-state index in [2.05, 4.69) is 10.6 Å². The van der Waals surface area contributed by atoms with Crippen LogP contribution in [0.5, 0.6) is 0 Å². The second kappa shape index (κ2) is 24.4. The highest BCUT2D eigenvalue weighted by atomic mass is 16.2. The van der Waals surface area contributed by atoms with E-state index < -0.39 is 0 Å². The molecule has 2 N–H and O–H groups in total. The van der Waals surface area contributed by atoms with Crippen LogP contribution >= 0.6 is 0 Å². The van der Waals surface area contributed by atoms with Gasteiger partial charge in [0.25, 0.3) is 0 Å². The number of nitrogens with one attached hydrogen (secondary N) is 2. The molecule has 6 nitrogen and oxygen atoms in total. The van der Waals surface area contributed by atoms with Crippen LogP contribution < -0.4 is 10.6 Å². The number of nitrogens with zero attached hydrogens (tertiary/aromatic N) is 1. The first kappa shape index (κ1) is 30.1. The van der Waals surface area contributed by atoms with E-state index in [0.717, 1.165) is 25.7 Å². The Balaban J connectivity index is -0.00000134. The molecular formula is C21H45N3O3. The molecule has 0 fully saturated rings. The van der Waals surface area contributed by atoms with Crippen LogP contribution in [0.1, 0.15) is 93.4 Å². The van der Waals surface area contributed by atoms with Crippen molar-refractivity contribution in [2.45, 2.75) is 93.4 Å². The molecule has 0 atom stereocenters. The molecule has 0 aliphatic heterocycles. The molecule has 3 amide bonds. The van der Waals surface area contributed by atoms with Crippen LogP contribution in [-0.2, 0) is 14.4 Å². The van der Waals surface area contributed by atoms with E-state index in [1.807, 2.05) is 53.4 Å². The molecule has 6 heteroatoms. The van der Waals surface area contributed by atoms with Crippen molar-refractivity contribution in [2.24, 2.45) is 0 Å².